The molecule has 0 heterocycles. The summed E-state index contributed by atoms with van der Waals surface area (Å²) in [6.07, 6.45) is 4.59. The zero-order valence-corrected chi connectivity index (χ0v) is 13.7. The van der Waals surface area contributed by atoms with E-state index in [0.717, 1.165) is 24.2 Å². The fourth-order valence-corrected chi connectivity index (χ4v) is 3.01. The highest BCUT2D eigenvalue weighted by Gasteiger charge is 2.17. The van der Waals surface area contributed by atoms with Gasteiger partial charge in [0.25, 0.3) is 5.91 Å². The summed E-state index contributed by atoms with van der Waals surface area (Å²) in [5.41, 5.74) is 1.61. The predicted octanol–water partition coefficient (Wildman–Crippen LogP) is 4.59. The molecule has 1 aliphatic rings. The lowest BCUT2D eigenvalue weighted by atomic mass is 10.1. The molecule has 0 aliphatic heterocycles. The highest BCUT2D eigenvalue weighted by atomic mass is 35.5. The van der Waals surface area contributed by atoms with Crippen LogP contribution in [0.5, 0.6) is 5.75 Å². The van der Waals surface area contributed by atoms with Gasteiger partial charge in [-0.25, -0.2) is 0 Å². The molecule has 3 rings (SSSR count). The fourth-order valence-electron chi connectivity index (χ4n) is 2.82. The maximum atomic E-state index is 12.2. The van der Waals surface area contributed by atoms with Gasteiger partial charge in [-0.2, -0.15) is 0 Å². The number of carbonyl (C=O) groups is 1. The number of nitrogens with one attached hydrogen (secondary N) is 1. The lowest BCUT2D eigenvalue weighted by Gasteiger charge is -2.12. The highest BCUT2D eigenvalue weighted by Crippen LogP contribution is 2.20. The highest BCUT2D eigenvalue weighted by molar-refractivity contribution is 6.31. The first kappa shape index (κ1) is 15.9. The molecule has 4 heteroatoms. The van der Waals surface area contributed by atoms with E-state index in [2.05, 4.69) is 5.32 Å². The molecule has 1 amide bonds. The van der Waals surface area contributed by atoms with Crippen molar-refractivity contribution in [3.63, 3.8) is 0 Å². The maximum Gasteiger partial charge on any atom is 0.251 e. The summed E-state index contributed by atoms with van der Waals surface area (Å²) in [5, 5.41) is 3.78. The van der Waals surface area contributed by atoms with Crippen LogP contribution in [-0.4, -0.2) is 11.9 Å². The third kappa shape index (κ3) is 4.26. The van der Waals surface area contributed by atoms with Crippen molar-refractivity contribution >= 4 is 17.5 Å². The molecular formula is C19H20ClNO2. The summed E-state index contributed by atoms with van der Waals surface area (Å²) in [5.74, 6) is 0.719. The maximum absolute atomic E-state index is 12.2. The van der Waals surface area contributed by atoms with Crippen molar-refractivity contribution in [2.45, 2.75) is 38.3 Å². The molecule has 23 heavy (non-hydrogen) atoms. The van der Waals surface area contributed by atoms with Crippen LogP contribution in [0.3, 0.4) is 0 Å². The second-order valence-electron chi connectivity index (χ2n) is 5.86. The molecule has 0 bridgehead atoms. The van der Waals surface area contributed by atoms with E-state index in [1.807, 2.05) is 36.4 Å². The molecule has 1 N–H and O–H groups in total. The number of ether oxygens (including phenoxy) is 1. The van der Waals surface area contributed by atoms with Gasteiger partial charge in [0.2, 0.25) is 0 Å². The van der Waals surface area contributed by atoms with E-state index >= 15 is 0 Å². The molecule has 1 saturated carbocycles. The predicted molar refractivity (Wildman–Crippen MR) is 91.9 cm³/mol. The van der Waals surface area contributed by atoms with Crippen LogP contribution in [0.1, 0.15) is 41.6 Å². The van der Waals surface area contributed by atoms with Crippen molar-refractivity contribution in [1.82, 2.24) is 5.32 Å². The molecule has 2 aromatic rings. The minimum atomic E-state index is -0.00504. The van der Waals surface area contributed by atoms with Gasteiger partial charge >= 0.3 is 0 Å². The monoisotopic (exact) mass is 329 g/mol. The quantitative estimate of drug-likeness (QED) is 0.871. The Hall–Kier alpha value is -2.00. The topological polar surface area (TPSA) is 38.3 Å². The molecule has 1 fully saturated rings. The molecule has 1 aliphatic carbocycles. The summed E-state index contributed by atoms with van der Waals surface area (Å²) >= 11 is 6.11. The number of amides is 1. The Kier molecular flexibility index (Phi) is 5.19. The number of hydrogen-bond donors (Lipinski definition) is 1. The first-order chi connectivity index (χ1) is 11.2. The van der Waals surface area contributed by atoms with Gasteiger partial charge in [0, 0.05) is 22.2 Å². The molecule has 0 atom stereocenters. The minimum Gasteiger partial charge on any atom is -0.489 e. The van der Waals surface area contributed by atoms with E-state index in [-0.39, 0.29) is 5.91 Å². The summed E-state index contributed by atoms with van der Waals surface area (Å²) < 4.78 is 5.72. The molecule has 0 radical (unpaired) electrons. The minimum absolute atomic E-state index is 0.00504. The Morgan fingerprint density at radius 2 is 1.78 bits per heavy atom. The summed E-state index contributed by atoms with van der Waals surface area (Å²) in [7, 11) is 0. The van der Waals surface area contributed by atoms with E-state index in [1.54, 1.807) is 12.1 Å². The van der Waals surface area contributed by atoms with E-state index in [9.17, 15) is 4.79 Å². The van der Waals surface area contributed by atoms with E-state index in [0.29, 0.717) is 23.2 Å². The second-order valence-corrected chi connectivity index (χ2v) is 6.27. The van der Waals surface area contributed by atoms with Gasteiger partial charge < -0.3 is 10.1 Å². The lowest BCUT2D eigenvalue weighted by Crippen LogP contribution is -2.32. The van der Waals surface area contributed by atoms with Gasteiger partial charge in [0.05, 0.1) is 0 Å². The molecule has 0 aromatic heterocycles. The van der Waals surface area contributed by atoms with Crippen LogP contribution in [0, 0.1) is 0 Å². The van der Waals surface area contributed by atoms with Gasteiger partial charge in [-0.15, -0.1) is 0 Å². The van der Waals surface area contributed by atoms with Crippen LogP contribution < -0.4 is 10.1 Å². The van der Waals surface area contributed by atoms with E-state index < -0.39 is 0 Å². The molecule has 0 unspecified atom stereocenters. The summed E-state index contributed by atoms with van der Waals surface area (Å²) in [6.45, 7) is 0.410. The number of rotatable bonds is 5. The smallest absolute Gasteiger partial charge is 0.251 e. The van der Waals surface area contributed by atoms with Crippen LogP contribution in [0.4, 0.5) is 0 Å². The van der Waals surface area contributed by atoms with Crippen molar-refractivity contribution < 1.29 is 9.53 Å². The van der Waals surface area contributed by atoms with Gasteiger partial charge in [-0.05, 0) is 43.2 Å². The first-order valence-corrected chi connectivity index (χ1v) is 8.37. The van der Waals surface area contributed by atoms with Crippen LogP contribution in [0.25, 0.3) is 0 Å². The van der Waals surface area contributed by atoms with Crippen molar-refractivity contribution in [3.8, 4) is 5.75 Å². The Balaban J connectivity index is 1.56. The fraction of sp³-hybridized carbons (Fsp3) is 0.316. The Morgan fingerprint density at radius 1 is 1.09 bits per heavy atom. The van der Waals surface area contributed by atoms with Crippen molar-refractivity contribution in [3.05, 3.63) is 64.7 Å². The van der Waals surface area contributed by atoms with Gasteiger partial charge in [0.15, 0.2) is 0 Å². The average molecular weight is 330 g/mol. The van der Waals surface area contributed by atoms with Gasteiger partial charge in [0.1, 0.15) is 12.4 Å². The SMILES string of the molecule is O=C(NC1CCCC1)c1ccc(OCc2ccccc2Cl)cc1. The second kappa shape index (κ2) is 7.51. The zero-order chi connectivity index (χ0) is 16.1. The molecule has 120 valence electrons. The molecule has 0 saturated heterocycles. The van der Waals surface area contributed by atoms with E-state index in [1.165, 1.54) is 12.8 Å². The standard InChI is InChI=1S/C19H20ClNO2/c20-18-8-4-1-5-15(18)13-23-17-11-9-14(10-12-17)19(22)21-16-6-2-3-7-16/h1,4-5,8-12,16H,2-3,6-7,13H2,(H,21,22). The normalized spacial score (nSPS) is 14.7. The summed E-state index contributed by atoms with van der Waals surface area (Å²) in [4.78, 5) is 12.2. The van der Waals surface area contributed by atoms with Crippen molar-refractivity contribution in [2.24, 2.45) is 0 Å². The number of halogens is 1. The van der Waals surface area contributed by atoms with Crippen LogP contribution in [-0.2, 0) is 6.61 Å². The van der Waals surface area contributed by atoms with Crippen LogP contribution in [0.15, 0.2) is 48.5 Å². The average Bonchev–Trinajstić information content (AvgIpc) is 3.07. The molecule has 0 spiro atoms. The number of hydrogen-bond acceptors (Lipinski definition) is 2. The molecule has 3 nitrogen and oxygen atoms in total. The van der Waals surface area contributed by atoms with Crippen LogP contribution >= 0.6 is 11.6 Å². The number of carbonyl (C=O) groups excluding carboxylic acids is 1. The Bertz CT molecular complexity index is 663. The Labute approximate surface area is 141 Å². The van der Waals surface area contributed by atoms with Gasteiger partial charge in [-0.3, -0.25) is 4.79 Å². The molecular weight excluding hydrogens is 310 g/mol. The van der Waals surface area contributed by atoms with Crippen molar-refractivity contribution in [1.29, 1.82) is 0 Å². The van der Waals surface area contributed by atoms with Gasteiger partial charge in [-0.1, -0.05) is 42.6 Å². The van der Waals surface area contributed by atoms with Crippen LogP contribution in [0.2, 0.25) is 5.02 Å². The number of benzene rings is 2. The zero-order valence-electron chi connectivity index (χ0n) is 12.9. The Morgan fingerprint density at radius 3 is 2.48 bits per heavy atom. The first-order valence-electron chi connectivity index (χ1n) is 7.99. The van der Waals surface area contributed by atoms with E-state index in [4.69, 9.17) is 16.3 Å². The molecule has 2 aromatic carbocycles. The third-order valence-corrected chi connectivity index (χ3v) is 4.53. The van der Waals surface area contributed by atoms with Crippen molar-refractivity contribution in [2.75, 3.05) is 0 Å². The lowest BCUT2D eigenvalue weighted by molar-refractivity contribution is 0.0938. The third-order valence-electron chi connectivity index (χ3n) is 4.16. The largest absolute Gasteiger partial charge is 0.489 e. The summed E-state index contributed by atoms with van der Waals surface area (Å²) in [6, 6.07) is 15.2.